The molecule has 1 saturated heterocycles. The highest BCUT2D eigenvalue weighted by Gasteiger charge is 2.20. The van der Waals surface area contributed by atoms with Crippen molar-refractivity contribution in [1.82, 2.24) is 10.2 Å². The molecule has 1 aromatic heterocycles. The van der Waals surface area contributed by atoms with Crippen molar-refractivity contribution in [2.45, 2.75) is 33.1 Å². The first-order valence-electron chi connectivity index (χ1n) is 8.11. The average molecular weight is 317 g/mol. The Hall–Kier alpha value is -1.62. The highest BCUT2D eigenvalue weighted by Crippen LogP contribution is 2.32. The third-order valence-corrected chi connectivity index (χ3v) is 5.32. The Balaban J connectivity index is 1.68. The number of nitrogens with zero attached hydrogens (tertiary/aromatic N) is 3. The number of aromatic nitrogens is 2. The van der Waals surface area contributed by atoms with E-state index in [1.54, 1.807) is 11.3 Å². The van der Waals surface area contributed by atoms with Crippen LogP contribution in [0.2, 0.25) is 0 Å². The zero-order valence-corrected chi connectivity index (χ0v) is 14.1. The molecule has 0 radical (unpaired) electrons. The standard InChI is InChI=1S/C17H23N3OS/c1-3-13-9-11-20(12-10-13)17-19-18-16(22-17)14-5-7-15(8-6-14)21-4-2/h5-8,13H,3-4,9-12H2,1-2H3. The Morgan fingerprint density at radius 1 is 1.14 bits per heavy atom. The Bertz CT molecular complexity index is 588. The largest absolute Gasteiger partial charge is 0.494 e. The van der Waals surface area contributed by atoms with Crippen LogP contribution in [0.4, 0.5) is 5.13 Å². The predicted molar refractivity (Wildman–Crippen MR) is 91.7 cm³/mol. The molecule has 0 amide bonds. The van der Waals surface area contributed by atoms with Crippen molar-refractivity contribution in [3.05, 3.63) is 24.3 Å². The van der Waals surface area contributed by atoms with Gasteiger partial charge >= 0.3 is 0 Å². The van der Waals surface area contributed by atoms with Gasteiger partial charge in [-0.1, -0.05) is 24.7 Å². The predicted octanol–water partition coefficient (Wildman–Crippen LogP) is 4.23. The Morgan fingerprint density at radius 2 is 1.86 bits per heavy atom. The van der Waals surface area contributed by atoms with Gasteiger partial charge in [0.15, 0.2) is 0 Å². The number of ether oxygens (including phenoxy) is 1. The maximum absolute atomic E-state index is 5.48. The van der Waals surface area contributed by atoms with Gasteiger partial charge in [0, 0.05) is 18.7 Å². The molecule has 0 aliphatic carbocycles. The Morgan fingerprint density at radius 3 is 2.50 bits per heavy atom. The van der Waals surface area contributed by atoms with Gasteiger partial charge in [0.25, 0.3) is 0 Å². The van der Waals surface area contributed by atoms with Crippen LogP contribution in [0.15, 0.2) is 24.3 Å². The molecule has 3 rings (SSSR count). The molecule has 118 valence electrons. The van der Waals surface area contributed by atoms with Gasteiger partial charge in [-0.2, -0.15) is 0 Å². The fourth-order valence-corrected chi connectivity index (χ4v) is 3.75. The number of anilines is 1. The van der Waals surface area contributed by atoms with E-state index in [2.05, 4.69) is 34.2 Å². The van der Waals surface area contributed by atoms with Crippen LogP contribution >= 0.6 is 11.3 Å². The van der Waals surface area contributed by atoms with Crippen molar-refractivity contribution in [3.8, 4) is 16.3 Å². The molecule has 2 aromatic rings. The van der Waals surface area contributed by atoms with Gasteiger partial charge in [-0.25, -0.2) is 0 Å². The van der Waals surface area contributed by atoms with Crippen LogP contribution in [0.3, 0.4) is 0 Å². The van der Waals surface area contributed by atoms with Crippen LogP contribution in [0.5, 0.6) is 5.75 Å². The van der Waals surface area contributed by atoms with Crippen LogP contribution in [-0.4, -0.2) is 29.9 Å². The SMILES string of the molecule is CCOc1ccc(-c2nnc(N3CCC(CC)CC3)s2)cc1. The van der Waals surface area contributed by atoms with Crippen molar-refractivity contribution < 1.29 is 4.74 Å². The van der Waals surface area contributed by atoms with Crippen molar-refractivity contribution in [2.75, 3.05) is 24.6 Å². The minimum absolute atomic E-state index is 0.690. The molecule has 0 atom stereocenters. The monoisotopic (exact) mass is 317 g/mol. The third kappa shape index (κ3) is 3.40. The summed E-state index contributed by atoms with van der Waals surface area (Å²) in [4.78, 5) is 2.38. The molecule has 0 bridgehead atoms. The fraction of sp³-hybridized carbons (Fsp3) is 0.529. The molecule has 1 aromatic carbocycles. The number of rotatable bonds is 5. The van der Waals surface area contributed by atoms with Crippen molar-refractivity contribution in [2.24, 2.45) is 5.92 Å². The molecule has 1 fully saturated rings. The van der Waals surface area contributed by atoms with Gasteiger partial charge in [-0.15, -0.1) is 10.2 Å². The minimum atomic E-state index is 0.690. The number of benzene rings is 1. The summed E-state index contributed by atoms with van der Waals surface area (Å²) in [5, 5.41) is 10.8. The van der Waals surface area contributed by atoms with Crippen LogP contribution < -0.4 is 9.64 Å². The number of piperidine rings is 1. The van der Waals surface area contributed by atoms with E-state index in [0.29, 0.717) is 6.61 Å². The topological polar surface area (TPSA) is 38.3 Å². The van der Waals surface area contributed by atoms with E-state index in [1.807, 2.05) is 19.1 Å². The first-order chi connectivity index (χ1) is 10.8. The van der Waals surface area contributed by atoms with Crippen molar-refractivity contribution in [3.63, 3.8) is 0 Å². The van der Waals surface area contributed by atoms with E-state index in [-0.39, 0.29) is 0 Å². The quantitative estimate of drug-likeness (QED) is 0.827. The maximum Gasteiger partial charge on any atom is 0.208 e. The van der Waals surface area contributed by atoms with E-state index in [9.17, 15) is 0 Å². The average Bonchev–Trinajstić information content (AvgIpc) is 3.06. The lowest BCUT2D eigenvalue weighted by Crippen LogP contribution is -2.33. The molecule has 22 heavy (non-hydrogen) atoms. The van der Waals surface area contributed by atoms with Gasteiger partial charge in [-0.05, 0) is 49.9 Å². The summed E-state index contributed by atoms with van der Waals surface area (Å²) in [5.74, 6) is 1.78. The molecule has 0 saturated carbocycles. The second-order valence-corrected chi connectivity index (χ2v) is 6.64. The molecular weight excluding hydrogens is 294 g/mol. The molecule has 5 heteroatoms. The molecule has 0 N–H and O–H groups in total. The molecular formula is C17H23N3OS. The maximum atomic E-state index is 5.48. The van der Waals surface area contributed by atoms with E-state index in [1.165, 1.54) is 19.3 Å². The zero-order chi connectivity index (χ0) is 15.4. The third-order valence-electron chi connectivity index (χ3n) is 4.29. The van der Waals surface area contributed by atoms with Crippen LogP contribution in [-0.2, 0) is 0 Å². The smallest absolute Gasteiger partial charge is 0.208 e. The molecule has 1 aliphatic rings. The van der Waals surface area contributed by atoms with E-state index >= 15 is 0 Å². The summed E-state index contributed by atoms with van der Waals surface area (Å²) in [7, 11) is 0. The minimum Gasteiger partial charge on any atom is -0.494 e. The number of hydrogen-bond donors (Lipinski definition) is 0. The van der Waals surface area contributed by atoms with E-state index in [0.717, 1.165) is 40.5 Å². The first-order valence-corrected chi connectivity index (χ1v) is 8.93. The summed E-state index contributed by atoms with van der Waals surface area (Å²) < 4.78 is 5.48. The highest BCUT2D eigenvalue weighted by molar-refractivity contribution is 7.18. The Labute approximate surface area is 136 Å². The molecule has 1 aliphatic heterocycles. The van der Waals surface area contributed by atoms with Crippen LogP contribution in [0.1, 0.15) is 33.1 Å². The van der Waals surface area contributed by atoms with E-state index in [4.69, 9.17) is 4.74 Å². The van der Waals surface area contributed by atoms with Gasteiger partial charge in [-0.3, -0.25) is 0 Å². The molecule has 4 nitrogen and oxygen atoms in total. The highest BCUT2D eigenvalue weighted by atomic mass is 32.1. The fourth-order valence-electron chi connectivity index (χ4n) is 2.85. The van der Waals surface area contributed by atoms with Gasteiger partial charge < -0.3 is 9.64 Å². The normalized spacial score (nSPS) is 16.0. The summed E-state index contributed by atoms with van der Waals surface area (Å²) in [6.45, 7) is 7.19. The summed E-state index contributed by atoms with van der Waals surface area (Å²) in [6, 6.07) is 8.09. The van der Waals surface area contributed by atoms with Gasteiger partial charge in [0.05, 0.1) is 6.61 Å². The van der Waals surface area contributed by atoms with Gasteiger partial charge in [0.2, 0.25) is 5.13 Å². The first kappa shape index (κ1) is 15.3. The van der Waals surface area contributed by atoms with E-state index < -0.39 is 0 Å². The lowest BCUT2D eigenvalue weighted by Gasteiger charge is -2.30. The second-order valence-electron chi connectivity index (χ2n) is 5.69. The summed E-state index contributed by atoms with van der Waals surface area (Å²) >= 11 is 1.68. The van der Waals surface area contributed by atoms with Crippen molar-refractivity contribution >= 4 is 16.5 Å². The summed E-state index contributed by atoms with van der Waals surface area (Å²) in [5.41, 5.74) is 1.11. The zero-order valence-electron chi connectivity index (χ0n) is 13.3. The lowest BCUT2D eigenvalue weighted by atomic mass is 9.95. The Kier molecular flexibility index (Phi) is 4.93. The van der Waals surface area contributed by atoms with Crippen LogP contribution in [0, 0.1) is 5.92 Å². The lowest BCUT2D eigenvalue weighted by molar-refractivity contribution is 0.340. The molecule has 0 unspecified atom stereocenters. The molecule has 0 spiro atoms. The van der Waals surface area contributed by atoms with Crippen molar-refractivity contribution in [1.29, 1.82) is 0 Å². The summed E-state index contributed by atoms with van der Waals surface area (Å²) in [6.07, 6.45) is 3.84. The van der Waals surface area contributed by atoms with Gasteiger partial charge in [0.1, 0.15) is 10.8 Å². The number of hydrogen-bond acceptors (Lipinski definition) is 5. The molecule has 2 heterocycles. The second kappa shape index (κ2) is 7.09. The van der Waals surface area contributed by atoms with Crippen LogP contribution in [0.25, 0.3) is 10.6 Å².